The van der Waals surface area contributed by atoms with Gasteiger partial charge in [-0.15, -0.1) is 0 Å². The molecular formula is C18H26O12. The normalized spacial score (nSPS) is 39.1. The maximum absolute atomic E-state index is 10.5. The fourth-order valence-electron chi connectivity index (χ4n) is 3.23. The molecule has 0 radical (unpaired) electrons. The highest BCUT2D eigenvalue weighted by Gasteiger charge is 2.53. The Kier molecular flexibility index (Phi) is 7.02. The standard InChI is InChI=1S/C18H26O12/c1-26-10-4-8(2-3-9(10)21)28-16-14(13(23)12(22)11(5-19)29-16)30-17-15(24)18(25,6-20)7-27-17/h2-4,11-17,19-25H,5-7H2,1H3. The number of hydrogen-bond acceptors (Lipinski definition) is 12. The van der Waals surface area contributed by atoms with Crippen molar-refractivity contribution in [2.24, 2.45) is 0 Å². The lowest BCUT2D eigenvalue weighted by molar-refractivity contribution is -0.318. The highest BCUT2D eigenvalue weighted by molar-refractivity contribution is 5.44. The average molecular weight is 434 g/mol. The maximum atomic E-state index is 10.5. The molecule has 2 saturated heterocycles. The molecule has 0 amide bonds. The van der Waals surface area contributed by atoms with E-state index in [2.05, 4.69) is 0 Å². The summed E-state index contributed by atoms with van der Waals surface area (Å²) in [6, 6.07) is 4.02. The number of rotatable bonds is 7. The Morgan fingerprint density at radius 3 is 2.47 bits per heavy atom. The molecule has 12 nitrogen and oxygen atoms in total. The summed E-state index contributed by atoms with van der Waals surface area (Å²) in [6.45, 7) is -1.85. The lowest BCUT2D eigenvalue weighted by Gasteiger charge is -2.42. The summed E-state index contributed by atoms with van der Waals surface area (Å²) in [7, 11) is 1.34. The first kappa shape index (κ1) is 22.9. The van der Waals surface area contributed by atoms with Crippen LogP contribution in [-0.2, 0) is 14.2 Å². The van der Waals surface area contributed by atoms with Gasteiger partial charge in [-0.2, -0.15) is 0 Å². The van der Waals surface area contributed by atoms with Gasteiger partial charge in [0.15, 0.2) is 23.9 Å². The minimum atomic E-state index is -1.96. The van der Waals surface area contributed by atoms with E-state index in [9.17, 15) is 35.7 Å². The topological polar surface area (TPSA) is 188 Å². The van der Waals surface area contributed by atoms with Crippen molar-refractivity contribution in [2.75, 3.05) is 26.9 Å². The summed E-state index contributed by atoms with van der Waals surface area (Å²) >= 11 is 0. The second-order valence-corrected chi connectivity index (χ2v) is 7.14. The highest BCUT2D eigenvalue weighted by Crippen LogP contribution is 2.34. The van der Waals surface area contributed by atoms with E-state index in [-0.39, 0.29) is 17.2 Å². The highest BCUT2D eigenvalue weighted by atomic mass is 16.8. The Hall–Kier alpha value is -1.74. The summed E-state index contributed by atoms with van der Waals surface area (Å²) in [5.74, 6) is 0.0996. The van der Waals surface area contributed by atoms with Crippen LogP contribution < -0.4 is 9.47 Å². The molecule has 8 unspecified atom stereocenters. The lowest BCUT2D eigenvalue weighted by Crippen LogP contribution is -2.62. The summed E-state index contributed by atoms with van der Waals surface area (Å²) in [5, 5.41) is 69.4. The Morgan fingerprint density at radius 2 is 1.87 bits per heavy atom. The van der Waals surface area contributed by atoms with Gasteiger partial charge in [0.2, 0.25) is 6.29 Å². The molecule has 12 heteroatoms. The van der Waals surface area contributed by atoms with Crippen molar-refractivity contribution in [3.63, 3.8) is 0 Å². The van der Waals surface area contributed by atoms with Gasteiger partial charge in [-0.25, -0.2) is 0 Å². The van der Waals surface area contributed by atoms with E-state index in [0.29, 0.717) is 0 Å². The first-order valence-electron chi connectivity index (χ1n) is 9.18. The largest absolute Gasteiger partial charge is 0.504 e. The van der Waals surface area contributed by atoms with Crippen molar-refractivity contribution in [3.05, 3.63) is 18.2 Å². The number of aliphatic hydroxyl groups excluding tert-OH is 5. The van der Waals surface area contributed by atoms with Gasteiger partial charge in [-0.3, -0.25) is 0 Å². The molecule has 3 rings (SSSR count). The van der Waals surface area contributed by atoms with Crippen molar-refractivity contribution in [1.82, 2.24) is 0 Å². The molecule has 1 aromatic carbocycles. The molecule has 0 aliphatic carbocycles. The quantitative estimate of drug-likeness (QED) is 0.231. The van der Waals surface area contributed by atoms with Crippen molar-refractivity contribution in [2.45, 2.75) is 48.7 Å². The minimum Gasteiger partial charge on any atom is -0.504 e. The monoisotopic (exact) mass is 434 g/mol. The van der Waals surface area contributed by atoms with Crippen LogP contribution in [0.4, 0.5) is 0 Å². The van der Waals surface area contributed by atoms with Crippen LogP contribution in [0.25, 0.3) is 0 Å². The fraction of sp³-hybridized carbons (Fsp3) is 0.667. The van der Waals surface area contributed by atoms with Gasteiger partial charge in [-0.1, -0.05) is 0 Å². The second kappa shape index (κ2) is 9.18. The summed E-state index contributed by atoms with van der Waals surface area (Å²) in [6.07, 6.45) is -10.3. The van der Waals surface area contributed by atoms with Gasteiger partial charge in [-0.05, 0) is 12.1 Å². The molecule has 1 aromatic rings. The first-order chi connectivity index (χ1) is 14.2. The lowest BCUT2D eigenvalue weighted by atomic mass is 9.98. The Morgan fingerprint density at radius 1 is 1.13 bits per heavy atom. The molecule has 0 bridgehead atoms. The van der Waals surface area contributed by atoms with Crippen LogP contribution in [-0.4, -0.2) is 111 Å². The first-order valence-corrected chi connectivity index (χ1v) is 9.18. The van der Waals surface area contributed by atoms with Crippen LogP contribution in [0.1, 0.15) is 0 Å². The van der Waals surface area contributed by atoms with Gasteiger partial charge < -0.3 is 59.4 Å². The maximum Gasteiger partial charge on any atom is 0.229 e. The van der Waals surface area contributed by atoms with E-state index in [4.69, 9.17) is 23.7 Å². The average Bonchev–Trinajstić information content (AvgIpc) is 3.03. The molecule has 30 heavy (non-hydrogen) atoms. The third-order valence-corrected chi connectivity index (χ3v) is 5.10. The molecule has 0 spiro atoms. The third-order valence-electron chi connectivity index (χ3n) is 5.10. The molecule has 170 valence electrons. The van der Waals surface area contributed by atoms with E-state index >= 15 is 0 Å². The number of aliphatic hydroxyl groups is 6. The van der Waals surface area contributed by atoms with Gasteiger partial charge in [0.1, 0.15) is 35.8 Å². The third kappa shape index (κ3) is 4.32. The summed E-state index contributed by atoms with van der Waals surface area (Å²) in [4.78, 5) is 0. The van der Waals surface area contributed by atoms with Gasteiger partial charge in [0.25, 0.3) is 0 Å². The minimum absolute atomic E-state index is 0.0997. The second-order valence-electron chi connectivity index (χ2n) is 7.14. The van der Waals surface area contributed by atoms with Crippen molar-refractivity contribution in [3.8, 4) is 17.2 Å². The molecule has 0 saturated carbocycles. The zero-order chi connectivity index (χ0) is 22.1. The Labute approximate surface area is 171 Å². The number of aromatic hydroxyl groups is 1. The Bertz CT molecular complexity index is 716. The van der Waals surface area contributed by atoms with Gasteiger partial charge in [0.05, 0.1) is 26.9 Å². The molecular weight excluding hydrogens is 408 g/mol. The number of ether oxygens (including phenoxy) is 5. The number of hydrogen-bond donors (Lipinski definition) is 7. The van der Waals surface area contributed by atoms with Crippen molar-refractivity contribution in [1.29, 1.82) is 0 Å². The molecule has 2 heterocycles. The van der Waals surface area contributed by atoms with Crippen LogP contribution >= 0.6 is 0 Å². The smallest absolute Gasteiger partial charge is 0.229 e. The predicted octanol–water partition coefficient (Wildman–Crippen LogP) is -2.96. The number of phenols is 1. The van der Waals surface area contributed by atoms with Crippen LogP contribution in [0.5, 0.6) is 17.2 Å². The molecule has 2 aliphatic heterocycles. The summed E-state index contributed by atoms with van der Waals surface area (Å²) in [5.41, 5.74) is -1.96. The van der Waals surface area contributed by atoms with E-state index in [1.807, 2.05) is 0 Å². The van der Waals surface area contributed by atoms with Crippen LogP contribution in [0.2, 0.25) is 0 Å². The zero-order valence-corrected chi connectivity index (χ0v) is 16.1. The van der Waals surface area contributed by atoms with Crippen molar-refractivity contribution < 1.29 is 59.4 Å². The van der Waals surface area contributed by atoms with Crippen LogP contribution in [0.15, 0.2) is 18.2 Å². The molecule has 2 fully saturated rings. The number of methoxy groups -OCH3 is 1. The molecule has 0 aromatic heterocycles. The van der Waals surface area contributed by atoms with E-state index in [1.54, 1.807) is 0 Å². The molecule has 7 N–H and O–H groups in total. The van der Waals surface area contributed by atoms with Gasteiger partial charge in [0, 0.05) is 6.07 Å². The SMILES string of the molecule is COc1cc(OC2OC(CO)C(O)C(O)C2OC2OCC(O)(CO)C2O)ccc1O. The van der Waals surface area contributed by atoms with E-state index in [0.717, 1.165) is 0 Å². The van der Waals surface area contributed by atoms with E-state index < -0.39 is 68.5 Å². The van der Waals surface area contributed by atoms with E-state index in [1.165, 1.54) is 25.3 Å². The van der Waals surface area contributed by atoms with Crippen LogP contribution in [0, 0.1) is 0 Å². The zero-order valence-electron chi connectivity index (χ0n) is 16.1. The summed E-state index contributed by atoms with van der Waals surface area (Å²) < 4.78 is 26.9. The Balaban J connectivity index is 1.82. The van der Waals surface area contributed by atoms with Crippen LogP contribution in [0.3, 0.4) is 0 Å². The number of phenolic OH excluding ortho intramolecular Hbond substituents is 1. The predicted molar refractivity (Wildman–Crippen MR) is 95.7 cm³/mol. The van der Waals surface area contributed by atoms with Crippen molar-refractivity contribution >= 4 is 0 Å². The molecule has 2 aliphatic rings. The fourth-order valence-corrected chi connectivity index (χ4v) is 3.23. The molecule has 8 atom stereocenters. The van der Waals surface area contributed by atoms with Gasteiger partial charge >= 0.3 is 0 Å². The number of benzene rings is 1.